The fraction of sp³-hybridized carbons (Fsp3) is 0.250. The van der Waals surface area contributed by atoms with Gasteiger partial charge in [0.25, 0.3) is 0 Å². The Kier molecular flexibility index (Phi) is 6.44. The standard InChI is InChI=1S/C16H14O4/c1-3-19-15(17)11-9-13-7-5-6-8-14(13)10-12-16(18)20-4-2/h5-8H,3-4H2,1-2H3. The van der Waals surface area contributed by atoms with Crippen molar-refractivity contribution >= 4 is 11.9 Å². The first-order valence-corrected chi connectivity index (χ1v) is 6.14. The van der Waals surface area contributed by atoms with Gasteiger partial charge in [-0.3, -0.25) is 0 Å². The number of rotatable bonds is 2. The predicted octanol–water partition coefficient (Wildman–Crippen LogP) is 1.52. The summed E-state index contributed by atoms with van der Waals surface area (Å²) in [4.78, 5) is 22.3. The third-order valence-corrected chi connectivity index (χ3v) is 2.08. The Morgan fingerprint density at radius 2 is 1.30 bits per heavy atom. The molecule has 0 radical (unpaired) electrons. The van der Waals surface area contributed by atoms with Crippen LogP contribution in [0.15, 0.2) is 24.3 Å². The van der Waals surface area contributed by atoms with E-state index >= 15 is 0 Å². The third-order valence-electron chi connectivity index (χ3n) is 2.08. The van der Waals surface area contributed by atoms with E-state index in [1.54, 1.807) is 38.1 Å². The molecule has 0 aliphatic rings. The highest BCUT2D eigenvalue weighted by atomic mass is 16.5. The number of esters is 2. The zero-order valence-electron chi connectivity index (χ0n) is 11.4. The average molecular weight is 270 g/mol. The fourth-order valence-corrected chi connectivity index (χ4v) is 1.27. The van der Waals surface area contributed by atoms with Gasteiger partial charge in [0.05, 0.1) is 13.2 Å². The molecule has 1 aromatic carbocycles. The van der Waals surface area contributed by atoms with Crippen molar-refractivity contribution in [1.29, 1.82) is 0 Å². The van der Waals surface area contributed by atoms with Crippen molar-refractivity contribution in [1.82, 2.24) is 0 Å². The summed E-state index contributed by atoms with van der Waals surface area (Å²) < 4.78 is 9.42. The quantitative estimate of drug-likeness (QED) is 0.604. The maximum Gasteiger partial charge on any atom is 0.384 e. The minimum Gasteiger partial charge on any atom is -0.456 e. The Morgan fingerprint density at radius 3 is 1.65 bits per heavy atom. The monoisotopic (exact) mass is 270 g/mol. The van der Waals surface area contributed by atoms with Crippen molar-refractivity contribution in [3.05, 3.63) is 35.4 Å². The van der Waals surface area contributed by atoms with Gasteiger partial charge < -0.3 is 9.47 Å². The van der Waals surface area contributed by atoms with Crippen molar-refractivity contribution in [3.63, 3.8) is 0 Å². The van der Waals surface area contributed by atoms with Gasteiger partial charge in [0.1, 0.15) is 0 Å². The van der Waals surface area contributed by atoms with E-state index in [2.05, 4.69) is 23.7 Å². The van der Waals surface area contributed by atoms with Gasteiger partial charge in [-0.2, -0.15) is 0 Å². The van der Waals surface area contributed by atoms with Gasteiger partial charge in [-0.05, 0) is 26.0 Å². The van der Waals surface area contributed by atoms with Crippen LogP contribution in [0, 0.1) is 23.7 Å². The first kappa shape index (κ1) is 15.3. The van der Waals surface area contributed by atoms with Crippen LogP contribution < -0.4 is 0 Å². The molecule has 0 amide bonds. The van der Waals surface area contributed by atoms with Gasteiger partial charge in [-0.25, -0.2) is 9.59 Å². The van der Waals surface area contributed by atoms with Crippen LogP contribution in [0.1, 0.15) is 25.0 Å². The Hall–Kier alpha value is -2.72. The summed E-state index contributed by atoms with van der Waals surface area (Å²) in [5.74, 6) is 8.87. The van der Waals surface area contributed by atoms with Crippen molar-refractivity contribution in [2.45, 2.75) is 13.8 Å². The molecular formula is C16H14O4. The third kappa shape index (κ3) is 5.29. The van der Waals surface area contributed by atoms with Crippen LogP contribution in [0.2, 0.25) is 0 Å². The van der Waals surface area contributed by atoms with Crippen LogP contribution in [0.5, 0.6) is 0 Å². The summed E-state index contributed by atoms with van der Waals surface area (Å²) in [7, 11) is 0. The smallest absolute Gasteiger partial charge is 0.384 e. The number of benzene rings is 1. The van der Waals surface area contributed by atoms with Crippen LogP contribution in [0.3, 0.4) is 0 Å². The van der Waals surface area contributed by atoms with E-state index < -0.39 is 11.9 Å². The Bertz CT molecular complexity index is 554. The van der Waals surface area contributed by atoms with Crippen molar-refractivity contribution in [2.24, 2.45) is 0 Å². The van der Waals surface area contributed by atoms with Crippen LogP contribution >= 0.6 is 0 Å². The number of ether oxygens (including phenoxy) is 2. The van der Waals surface area contributed by atoms with Crippen molar-refractivity contribution in [3.8, 4) is 23.7 Å². The lowest BCUT2D eigenvalue weighted by atomic mass is 10.1. The largest absolute Gasteiger partial charge is 0.456 e. The Morgan fingerprint density at radius 1 is 0.900 bits per heavy atom. The minimum absolute atomic E-state index is 0.276. The summed E-state index contributed by atoms with van der Waals surface area (Å²) >= 11 is 0. The summed E-state index contributed by atoms with van der Waals surface area (Å²) in [5, 5.41) is 0. The second-order valence-corrected chi connectivity index (χ2v) is 3.49. The molecule has 4 nitrogen and oxygen atoms in total. The fourth-order valence-electron chi connectivity index (χ4n) is 1.27. The summed E-state index contributed by atoms with van der Waals surface area (Å²) in [6.45, 7) is 3.96. The minimum atomic E-state index is -0.597. The molecule has 0 aliphatic carbocycles. The summed E-state index contributed by atoms with van der Waals surface area (Å²) in [6, 6.07) is 6.96. The second-order valence-electron chi connectivity index (χ2n) is 3.49. The van der Waals surface area contributed by atoms with Gasteiger partial charge in [0.15, 0.2) is 0 Å². The molecule has 0 saturated heterocycles. The van der Waals surface area contributed by atoms with Crippen LogP contribution in [0.4, 0.5) is 0 Å². The number of carbonyl (C=O) groups excluding carboxylic acids is 2. The summed E-state index contributed by atoms with van der Waals surface area (Å²) in [5.41, 5.74) is 1.11. The summed E-state index contributed by atoms with van der Waals surface area (Å²) in [6.07, 6.45) is 0. The SMILES string of the molecule is CCOC(=O)C#Cc1ccccc1C#CC(=O)OCC. The molecule has 0 aliphatic heterocycles. The van der Waals surface area contributed by atoms with E-state index in [0.29, 0.717) is 11.1 Å². The highest BCUT2D eigenvalue weighted by molar-refractivity contribution is 5.90. The lowest BCUT2D eigenvalue weighted by molar-refractivity contribution is -0.137. The molecule has 0 fully saturated rings. The second kappa shape index (κ2) is 8.39. The molecule has 4 heteroatoms. The maximum absolute atomic E-state index is 11.2. The van der Waals surface area contributed by atoms with E-state index in [1.165, 1.54) is 0 Å². The highest BCUT2D eigenvalue weighted by Crippen LogP contribution is 2.05. The van der Waals surface area contributed by atoms with Crippen LogP contribution in [0.25, 0.3) is 0 Å². The predicted molar refractivity (Wildman–Crippen MR) is 73.5 cm³/mol. The van der Waals surface area contributed by atoms with Crippen LogP contribution in [-0.2, 0) is 19.1 Å². The highest BCUT2D eigenvalue weighted by Gasteiger charge is 1.98. The zero-order chi connectivity index (χ0) is 14.8. The molecule has 20 heavy (non-hydrogen) atoms. The molecule has 0 N–H and O–H groups in total. The lowest BCUT2D eigenvalue weighted by Gasteiger charge is -1.96. The molecular weight excluding hydrogens is 256 g/mol. The number of carbonyl (C=O) groups is 2. The van der Waals surface area contributed by atoms with Gasteiger partial charge in [0.2, 0.25) is 0 Å². The molecule has 0 atom stereocenters. The molecule has 0 heterocycles. The molecule has 0 aromatic heterocycles. The van der Waals surface area contributed by atoms with Crippen molar-refractivity contribution < 1.29 is 19.1 Å². The van der Waals surface area contributed by atoms with Crippen LogP contribution in [-0.4, -0.2) is 25.2 Å². The topological polar surface area (TPSA) is 52.6 Å². The van der Waals surface area contributed by atoms with E-state index in [1.807, 2.05) is 0 Å². The average Bonchev–Trinajstić information content (AvgIpc) is 2.44. The van der Waals surface area contributed by atoms with E-state index in [9.17, 15) is 9.59 Å². The first-order valence-electron chi connectivity index (χ1n) is 6.14. The van der Waals surface area contributed by atoms with E-state index in [-0.39, 0.29) is 13.2 Å². The lowest BCUT2D eigenvalue weighted by Crippen LogP contribution is -2.00. The van der Waals surface area contributed by atoms with Gasteiger partial charge in [-0.1, -0.05) is 24.0 Å². The molecule has 1 rings (SSSR count). The molecule has 0 unspecified atom stereocenters. The molecule has 102 valence electrons. The zero-order valence-corrected chi connectivity index (χ0v) is 11.4. The van der Waals surface area contributed by atoms with E-state index in [4.69, 9.17) is 9.47 Å². The Balaban J connectivity index is 2.94. The molecule has 0 saturated carbocycles. The molecule has 0 bridgehead atoms. The van der Waals surface area contributed by atoms with Gasteiger partial charge in [0, 0.05) is 23.0 Å². The maximum atomic E-state index is 11.2. The number of hydrogen-bond donors (Lipinski definition) is 0. The van der Waals surface area contributed by atoms with E-state index in [0.717, 1.165) is 0 Å². The van der Waals surface area contributed by atoms with Gasteiger partial charge >= 0.3 is 11.9 Å². The molecule has 1 aromatic rings. The van der Waals surface area contributed by atoms with Gasteiger partial charge in [-0.15, -0.1) is 0 Å². The molecule has 0 spiro atoms. The van der Waals surface area contributed by atoms with Crippen molar-refractivity contribution in [2.75, 3.05) is 13.2 Å². The number of hydrogen-bond acceptors (Lipinski definition) is 4. The first-order chi connectivity index (χ1) is 9.67. The Labute approximate surface area is 118 Å². The normalized spacial score (nSPS) is 8.50.